The summed E-state index contributed by atoms with van der Waals surface area (Å²) in [7, 11) is 0. The van der Waals surface area contributed by atoms with E-state index < -0.39 is 0 Å². The third-order valence-corrected chi connectivity index (χ3v) is 1.04. The Kier molecular flexibility index (Phi) is 30.8. The molecule has 0 unspecified atom stereocenters. The molecule has 3 heteroatoms. The molecule has 1 N–H and O–H groups in total. The van der Waals surface area contributed by atoms with Crippen LogP contribution in [0.1, 0.15) is 69.2 Å². The van der Waals surface area contributed by atoms with Crippen molar-refractivity contribution < 1.29 is 9.59 Å². The first-order valence-corrected chi connectivity index (χ1v) is 7.04. The third-order valence-electron chi connectivity index (χ3n) is 1.04. The lowest BCUT2D eigenvalue weighted by atomic mass is 10.2. The number of ketones is 1. The number of hydrogen-bond acceptors (Lipinski definition) is 2. The molecule has 112 valence electrons. The van der Waals surface area contributed by atoms with E-state index in [0.29, 0.717) is 0 Å². The summed E-state index contributed by atoms with van der Waals surface area (Å²) in [4.78, 5) is 21.1. The van der Waals surface area contributed by atoms with Gasteiger partial charge in [-0.2, -0.15) is 0 Å². The van der Waals surface area contributed by atoms with E-state index in [2.05, 4.69) is 26.1 Å². The Morgan fingerprint density at radius 3 is 1.33 bits per heavy atom. The average molecular weight is 261 g/mol. The van der Waals surface area contributed by atoms with Gasteiger partial charge in [-0.05, 0) is 12.8 Å². The highest BCUT2D eigenvalue weighted by molar-refractivity contribution is 5.85. The summed E-state index contributed by atoms with van der Waals surface area (Å²) < 4.78 is 0. The Morgan fingerprint density at radius 2 is 1.17 bits per heavy atom. The number of amides is 1. The van der Waals surface area contributed by atoms with Crippen LogP contribution in [0.4, 0.5) is 0 Å². The van der Waals surface area contributed by atoms with Crippen molar-refractivity contribution in [3.63, 3.8) is 0 Å². The molecule has 0 radical (unpaired) electrons. The molecule has 0 aromatic heterocycles. The van der Waals surface area contributed by atoms with Crippen LogP contribution in [-0.4, -0.2) is 18.2 Å². The van der Waals surface area contributed by atoms with Crippen LogP contribution in [0, 0.1) is 11.8 Å². The molecular formula is C15H35NO2. The van der Waals surface area contributed by atoms with E-state index in [1.807, 2.05) is 27.7 Å². The van der Waals surface area contributed by atoms with Gasteiger partial charge < -0.3 is 5.32 Å². The Morgan fingerprint density at radius 1 is 0.889 bits per heavy atom. The van der Waals surface area contributed by atoms with Gasteiger partial charge in [0, 0.05) is 5.92 Å². The standard InChI is InChI=1S/C7H13NO2.C4H10.2C2H6/c1-5(2)7(10)8-4-6(3)9;1-4(2)3;2*1-2/h5H,4H2,1-3H3,(H,8,10);4H,1-3H3;2*1-2H3. The van der Waals surface area contributed by atoms with Crippen molar-refractivity contribution in [2.45, 2.75) is 69.2 Å². The van der Waals surface area contributed by atoms with Crippen LogP contribution in [0.2, 0.25) is 0 Å². The molecule has 0 bridgehead atoms. The van der Waals surface area contributed by atoms with Crippen molar-refractivity contribution in [1.29, 1.82) is 0 Å². The Hall–Kier alpha value is -0.860. The van der Waals surface area contributed by atoms with Crippen LogP contribution >= 0.6 is 0 Å². The summed E-state index contributed by atoms with van der Waals surface area (Å²) in [6.45, 7) is 19.7. The van der Waals surface area contributed by atoms with E-state index in [0.717, 1.165) is 5.92 Å². The Balaban J connectivity index is -0.000000102. The molecule has 0 heterocycles. The average Bonchev–Trinajstić information content (AvgIpc) is 2.30. The maximum absolute atomic E-state index is 10.8. The van der Waals surface area contributed by atoms with E-state index in [-0.39, 0.29) is 24.2 Å². The van der Waals surface area contributed by atoms with Gasteiger partial charge in [0.05, 0.1) is 6.54 Å². The van der Waals surface area contributed by atoms with Crippen molar-refractivity contribution in [3.8, 4) is 0 Å². The van der Waals surface area contributed by atoms with Crippen molar-refractivity contribution >= 4 is 11.7 Å². The molecule has 0 rings (SSSR count). The lowest BCUT2D eigenvalue weighted by Crippen LogP contribution is -2.31. The van der Waals surface area contributed by atoms with Gasteiger partial charge in [0.2, 0.25) is 5.91 Å². The minimum Gasteiger partial charge on any atom is -0.349 e. The molecular weight excluding hydrogens is 226 g/mol. The van der Waals surface area contributed by atoms with Crippen LogP contribution in [0.5, 0.6) is 0 Å². The van der Waals surface area contributed by atoms with E-state index in [1.54, 1.807) is 13.8 Å². The fourth-order valence-corrected chi connectivity index (χ4v) is 0.416. The maximum atomic E-state index is 10.8. The predicted molar refractivity (Wildman–Crippen MR) is 81.7 cm³/mol. The molecule has 0 fully saturated rings. The summed E-state index contributed by atoms with van der Waals surface area (Å²) in [5.74, 6) is 0.698. The van der Waals surface area contributed by atoms with Crippen LogP contribution < -0.4 is 5.32 Å². The molecule has 0 aromatic rings. The topological polar surface area (TPSA) is 46.2 Å². The van der Waals surface area contributed by atoms with Crippen molar-refractivity contribution in [2.75, 3.05) is 6.54 Å². The minimum atomic E-state index is -0.0739. The summed E-state index contributed by atoms with van der Waals surface area (Å²) >= 11 is 0. The molecule has 0 aliphatic rings. The van der Waals surface area contributed by atoms with Crippen molar-refractivity contribution in [3.05, 3.63) is 0 Å². The summed E-state index contributed by atoms with van der Waals surface area (Å²) in [5.41, 5.74) is 0. The first kappa shape index (κ1) is 25.9. The Labute approximate surface area is 115 Å². The highest BCUT2D eigenvalue weighted by atomic mass is 16.2. The fourth-order valence-electron chi connectivity index (χ4n) is 0.416. The number of carbonyl (C=O) groups is 2. The normalized spacial score (nSPS) is 8.00. The highest BCUT2D eigenvalue weighted by Gasteiger charge is 2.05. The maximum Gasteiger partial charge on any atom is 0.222 e. The van der Waals surface area contributed by atoms with Crippen LogP contribution in [0.3, 0.4) is 0 Å². The Bertz CT molecular complexity index is 173. The molecule has 1 amide bonds. The molecule has 3 nitrogen and oxygen atoms in total. The molecule has 0 aliphatic heterocycles. The second-order valence-corrected chi connectivity index (χ2v) is 4.31. The lowest BCUT2D eigenvalue weighted by molar-refractivity contribution is -0.126. The smallest absolute Gasteiger partial charge is 0.222 e. The molecule has 0 saturated carbocycles. The summed E-state index contributed by atoms with van der Waals surface area (Å²) in [5, 5.41) is 2.49. The quantitative estimate of drug-likeness (QED) is 0.832. The van der Waals surface area contributed by atoms with Gasteiger partial charge >= 0.3 is 0 Å². The number of hydrogen-bond donors (Lipinski definition) is 1. The predicted octanol–water partition coefficient (Wildman–Crippen LogP) is 4.06. The molecule has 0 aliphatic carbocycles. The van der Waals surface area contributed by atoms with Gasteiger partial charge in [0.25, 0.3) is 0 Å². The van der Waals surface area contributed by atoms with E-state index >= 15 is 0 Å². The van der Waals surface area contributed by atoms with Gasteiger partial charge in [-0.15, -0.1) is 0 Å². The van der Waals surface area contributed by atoms with E-state index in [4.69, 9.17) is 0 Å². The van der Waals surface area contributed by atoms with Gasteiger partial charge in [0.1, 0.15) is 5.78 Å². The second kappa shape index (κ2) is 21.4. The fraction of sp³-hybridized carbons (Fsp3) is 0.867. The first-order chi connectivity index (χ1) is 8.27. The SMILES string of the molecule is CC.CC.CC(=O)CNC(=O)C(C)C.CC(C)C. The third kappa shape index (κ3) is 45.7. The largest absolute Gasteiger partial charge is 0.349 e. The zero-order valence-electron chi connectivity index (χ0n) is 14.2. The van der Waals surface area contributed by atoms with E-state index in [9.17, 15) is 9.59 Å². The lowest BCUT2D eigenvalue weighted by Gasteiger charge is -2.03. The molecule has 0 aromatic carbocycles. The molecule has 0 atom stereocenters. The first-order valence-electron chi connectivity index (χ1n) is 7.04. The monoisotopic (exact) mass is 261 g/mol. The van der Waals surface area contributed by atoms with Crippen molar-refractivity contribution in [1.82, 2.24) is 5.32 Å². The number of carbonyl (C=O) groups excluding carboxylic acids is 2. The molecule has 18 heavy (non-hydrogen) atoms. The van der Waals surface area contributed by atoms with E-state index in [1.165, 1.54) is 6.92 Å². The number of nitrogens with one attached hydrogen (secondary N) is 1. The number of rotatable bonds is 3. The van der Waals surface area contributed by atoms with Gasteiger partial charge in [-0.25, -0.2) is 0 Å². The van der Waals surface area contributed by atoms with Gasteiger partial charge in [0.15, 0.2) is 0 Å². The minimum absolute atomic E-state index is 0.0194. The zero-order chi connectivity index (χ0) is 15.7. The summed E-state index contributed by atoms with van der Waals surface area (Å²) in [6, 6.07) is 0. The molecule has 0 saturated heterocycles. The molecule has 0 spiro atoms. The second-order valence-electron chi connectivity index (χ2n) is 4.31. The zero-order valence-corrected chi connectivity index (χ0v) is 14.2. The van der Waals surface area contributed by atoms with Crippen LogP contribution in [0.25, 0.3) is 0 Å². The van der Waals surface area contributed by atoms with Crippen LogP contribution in [-0.2, 0) is 9.59 Å². The number of Topliss-reactive ketones (excluding diaryl/α,β-unsaturated/α-hetero) is 1. The van der Waals surface area contributed by atoms with Gasteiger partial charge in [-0.3, -0.25) is 9.59 Å². The highest BCUT2D eigenvalue weighted by Crippen LogP contribution is 1.89. The van der Waals surface area contributed by atoms with Crippen LogP contribution in [0.15, 0.2) is 0 Å². The summed E-state index contributed by atoms with van der Waals surface area (Å²) in [6.07, 6.45) is 0. The van der Waals surface area contributed by atoms with Gasteiger partial charge in [-0.1, -0.05) is 62.3 Å². The van der Waals surface area contributed by atoms with Crippen molar-refractivity contribution in [2.24, 2.45) is 11.8 Å².